The third kappa shape index (κ3) is 8.10. The summed E-state index contributed by atoms with van der Waals surface area (Å²) < 4.78 is 0. The highest BCUT2D eigenvalue weighted by Crippen LogP contribution is 2.24. The first kappa shape index (κ1) is 17.9. The van der Waals surface area contributed by atoms with Gasteiger partial charge in [0.25, 0.3) is 0 Å². The molecule has 0 saturated heterocycles. The molecule has 0 rings (SSSR count). The first-order valence-corrected chi connectivity index (χ1v) is 7.70. The van der Waals surface area contributed by atoms with Crippen LogP contribution in [0.2, 0.25) is 0 Å². The van der Waals surface area contributed by atoms with Crippen LogP contribution in [0.25, 0.3) is 0 Å². The fourth-order valence-electron chi connectivity index (χ4n) is 3.03. The topological polar surface area (TPSA) is 15.3 Å². The third-order valence-corrected chi connectivity index (χ3v) is 3.31. The average molecular weight is 256 g/mol. The molecule has 0 aromatic heterocycles. The van der Waals surface area contributed by atoms with Crippen LogP contribution in [-0.4, -0.2) is 38.1 Å². The fraction of sp³-hybridized carbons (Fsp3) is 1.00. The van der Waals surface area contributed by atoms with E-state index in [0.717, 1.165) is 18.4 Å². The van der Waals surface area contributed by atoms with E-state index in [1.807, 2.05) is 0 Å². The molecular weight excluding hydrogens is 220 g/mol. The lowest BCUT2D eigenvalue weighted by atomic mass is 9.84. The molecule has 0 aliphatic rings. The molecule has 0 heterocycles. The molecule has 0 aromatic rings. The molecule has 0 aromatic carbocycles. The maximum absolute atomic E-state index is 3.38. The Morgan fingerprint density at radius 2 is 1.56 bits per heavy atom. The Balaban J connectivity index is 4.56. The van der Waals surface area contributed by atoms with Crippen LogP contribution in [0.15, 0.2) is 0 Å². The maximum Gasteiger partial charge on any atom is 0.00477 e. The van der Waals surface area contributed by atoms with Crippen molar-refractivity contribution in [2.45, 2.75) is 54.4 Å². The summed E-state index contributed by atoms with van der Waals surface area (Å²) in [6, 6.07) is 0. The monoisotopic (exact) mass is 256 g/mol. The van der Waals surface area contributed by atoms with Gasteiger partial charge in [0.1, 0.15) is 0 Å². The first-order chi connectivity index (χ1) is 8.33. The van der Waals surface area contributed by atoms with Gasteiger partial charge in [-0.1, -0.05) is 48.0 Å². The second-order valence-corrected chi connectivity index (χ2v) is 7.07. The van der Waals surface area contributed by atoms with Gasteiger partial charge in [-0.05, 0) is 30.7 Å². The van der Waals surface area contributed by atoms with Gasteiger partial charge in [-0.15, -0.1) is 0 Å². The van der Waals surface area contributed by atoms with Gasteiger partial charge in [0.15, 0.2) is 0 Å². The van der Waals surface area contributed by atoms with Gasteiger partial charge >= 0.3 is 0 Å². The highest BCUT2D eigenvalue weighted by Gasteiger charge is 2.26. The van der Waals surface area contributed by atoms with Crippen molar-refractivity contribution in [3.05, 3.63) is 0 Å². The zero-order chi connectivity index (χ0) is 14.2. The standard InChI is InChI=1S/C16H36N2/c1-8-9-16(6,12-17-7)13-18(10-14(2)3)11-15(4)5/h14-15,17H,8-13H2,1-7H3. The Morgan fingerprint density at radius 1 is 1.06 bits per heavy atom. The van der Waals surface area contributed by atoms with Crippen LogP contribution in [0.1, 0.15) is 54.4 Å². The Labute approximate surface area is 116 Å². The van der Waals surface area contributed by atoms with Crippen LogP contribution in [0.5, 0.6) is 0 Å². The van der Waals surface area contributed by atoms with Crippen molar-refractivity contribution in [3.8, 4) is 0 Å². The van der Waals surface area contributed by atoms with Crippen LogP contribution >= 0.6 is 0 Å². The minimum atomic E-state index is 0.410. The highest BCUT2D eigenvalue weighted by molar-refractivity contribution is 4.81. The molecule has 0 spiro atoms. The molecular formula is C16H36N2. The summed E-state index contributed by atoms with van der Waals surface area (Å²) in [4.78, 5) is 2.67. The van der Waals surface area contributed by atoms with Crippen LogP contribution in [-0.2, 0) is 0 Å². The van der Waals surface area contributed by atoms with E-state index in [2.05, 4.69) is 58.8 Å². The molecule has 2 heteroatoms. The Hall–Kier alpha value is -0.0800. The number of hydrogen-bond acceptors (Lipinski definition) is 2. The van der Waals surface area contributed by atoms with Gasteiger partial charge in [0, 0.05) is 26.2 Å². The molecule has 1 N–H and O–H groups in total. The Bertz CT molecular complexity index is 183. The molecule has 0 fully saturated rings. The van der Waals surface area contributed by atoms with Crippen molar-refractivity contribution in [2.75, 3.05) is 33.2 Å². The summed E-state index contributed by atoms with van der Waals surface area (Å²) in [6.45, 7) is 18.8. The lowest BCUT2D eigenvalue weighted by Gasteiger charge is -2.37. The number of rotatable bonds is 10. The molecule has 0 saturated carbocycles. The molecule has 18 heavy (non-hydrogen) atoms. The number of hydrogen-bond donors (Lipinski definition) is 1. The van der Waals surface area contributed by atoms with Crippen molar-refractivity contribution in [3.63, 3.8) is 0 Å². The third-order valence-electron chi connectivity index (χ3n) is 3.31. The number of nitrogens with zero attached hydrogens (tertiary/aromatic N) is 1. The number of nitrogens with one attached hydrogen (secondary N) is 1. The van der Waals surface area contributed by atoms with Gasteiger partial charge in [-0.3, -0.25) is 0 Å². The normalized spacial score (nSPS) is 15.7. The molecule has 0 aliphatic carbocycles. The lowest BCUT2D eigenvalue weighted by Crippen LogP contribution is -2.44. The Morgan fingerprint density at radius 3 is 1.89 bits per heavy atom. The van der Waals surface area contributed by atoms with E-state index < -0.39 is 0 Å². The second-order valence-electron chi connectivity index (χ2n) is 7.07. The molecule has 0 amide bonds. The van der Waals surface area contributed by atoms with Crippen LogP contribution < -0.4 is 5.32 Å². The van der Waals surface area contributed by atoms with E-state index in [-0.39, 0.29) is 0 Å². The van der Waals surface area contributed by atoms with Crippen molar-refractivity contribution in [1.29, 1.82) is 0 Å². The predicted molar refractivity (Wildman–Crippen MR) is 83.1 cm³/mol. The minimum absolute atomic E-state index is 0.410. The van der Waals surface area contributed by atoms with Gasteiger partial charge < -0.3 is 10.2 Å². The first-order valence-electron chi connectivity index (χ1n) is 7.70. The quantitative estimate of drug-likeness (QED) is 0.642. The summed E-state index contributed by atoms with van der Waals surface area (Å²) in [5, 5.41) is 3.38. The van der Waals surface area contributed by atoms with Gasteiger partial charge in [0.2, 0.25) is 0 Å². The molecule has 1 unspecified atom stereocenters. The van der Waals surface area contributed by atoms with Gasteiger partial charge in [-0.2, -0.15) is 0 Å². The summed E-state index contributed by atoms with van der Waals surface area (Å²) in [5.74, 6) is 1.51. The molecule has 1 atom stereocenters. The van der Waals surface area contributed by atoms with Crippen molar-refractivity contribution < 1.29 is 0 Å². The highest BCUT2D eigenvalue weighted by atomic mass is 15.1. The second kappa shape index (κ2) is 8.92. The van der Waals surface area contributed by atoms with E-state index in [0.29, 0.717) is 5.41 Å². The molecule has 0 aliphatic heterocycles. The minimum Gasteiger partial charge on any atom is -0.319 e. The average Bonchev–Trinajstić information content (AvgIpc) is 2.14. The SMILES string of the molecule is CCCC(C)(CNC)CN(CC(C)C)CC(C)C. The molecule has 110 valence electrons. The molecule has 0 bridgehead atoms. The van der Waals surface area contributed by atoms with E-state index in [1.165, 1.54) is 32.5 Å². The van der Waals surface area contributed by atoms with E-state index in [1.54, 1.807) is 0 Å². The zero-order valence-electron chi connectivity index (χ0n) is 13.8. The Kier molecular flexibility index (Phi) is 8.89. The molecule has 2 nitrogen and oxygen atoms in total. The van der Waals surface area contributed by atoms with Crippen LogP contribution in [0.4, 0.5) is 0 Å². The van der Waals surface area contributed by atoms with Crippen LogP contribution in [0.3, 0.4) is 0 Å². The maximum atomic E-state index is 3.38. The van der Waals surface area contributed by atoms with Crippen molar-refractivity contribution in [2.24, 2.45) is 17.3 Å². The van der Waals surface area contributed by atoms with Crippen LogP contribution in [0, 0.1) is 17.3 Å². The van der Waals surface area contributed by atoms with Crippen molar-refractivity contribution >= 4 is 0 Å². The van der Waals surface area contributed by atoms with E-state index in [9.17, 15) is 0 Å². The van der Waals surface area contributed by atoms with Crippen molar-refractivity contribution in [1.82, 2.24) is 10.2 Å². The van der Waals surface area contributed by atoms with E-state index >= 15 is 0 Å². The fourth-order valence-corrected chi connectivity index (χ4v) is 3.03. The smallest absolute Gasteiger partial charge is 0.00477 e. The predicted octanol–water partition coefficient (Wildman–Crippen LogP) is 3.63. The lowest BCUT2D eigenvalue weighted by molar-refractivity contribution is 0.127. The molecule has 0 radical (unpaired) electrons. The van der Waals surface area contributed by atoms with Gasteiger partial charge in [0.05, 0.1) is 0 Å². The summed E-state index contributed by atoms with van der Waals surface area (Å²) in [7, 11) is 2.07. The summed E-state index contributed by atoms with van der Waals surface area (Å²) >= 11 is 0. The largest absolute Gasteiger partial charge is 0.319 e. The zero-order valence-corrected chi connectivity index (χ0v) is 13.8. The van der Waals surface area contributed by atoms with E-state index in [4.69, 9.17) is 0 Å². The summed E-state index contributed by atoms with van der Waals surface area (Å²) in [6.07, 6.45) is 2.58. The van der Waals surface area contributed by atoms with Gasteiger partial charge in [-0.25, -0.2) is 0 Å². The summed E-state index contributed by atoms with van der Waals surface area (Å²) in [5.41, 5.74) is 0.410.